The fraction of sp³-hybridized carbons (Fsp3) is 0.125. The van der Waals surface area contributed by atoms with Crippen LogP contribution in [0.25, 0.3) is 65.4 Å². The van der Waals surface area contributed by atoms with E-state index in [4.69, 9.17) is 0 Å². The van der Waals surface area contributed by atoms with Crippen LogP contribution in [-0.2, 0) is 42.3 Å². The number of nitrogens with zero attached hydrogens (tertiary/aromatic N) is 6. The van der Waals surface area contributed by atoms with Gasteiger partial charge in [-0.05, 0) is 109 Å². The highest BCUT2D eigenvalue weighted by atomic mass is 16.1. The van der Waals surface area contributed by atoms with E-state index in [9.17, 15) is 28.8 Å². The summed E-state index contributed by atoms with van der Waals surface area (Å²) >= 11 is 0. The summed E-state index contributed by atoms with van der Waals surface area (Å²) in [6, 6.07) is 40.1. The molecular weight excluding hydrogens is 757 g/mol. The standard InChI is InChI=1S/C48H42N6O6/c1-49-37-19-7-14-32(25-37)44(56)51(3)39-21-9-16-34(27-39)46(58)53(5)41-23-11-18-36(29-41)48(60)54(6)42-24-12-17-35(30-42)47(59)52(4)40-22-10-15-33(28-40)45(57)50(2)38-20-8-13-31(26-38)43(49)55/h7-30H,1-6H3. The van der Waals surface area contributed by atoms with Crippen molar-refractivity contribution in [1.82, 2.24) is 27.4 Å². The molecule has 60 heavy (non-hydrogen) atoms. The maximum Gasteiger partial charge on any atom is 0.258 e. The lowest BCUT2D eigenvalue weighted by molar-refractivity contribution is 0.904. The Morgan fingerprint density at radius 2 is 0.367 bits per heavy atom. The molecule has 300 valence electrons. The second-order valence-electron chi connectivity index (χ2n) is 14.5. The molecular formula is C48H42N6O6. The van der Waals surface area contributed by atoms with Crippen molar-refractivity contribution >= 4 is 65.4 Å². The van der Waals surface area contributed by atoms with E-state index in [1.54, 1.807) is 188 Å². The van der Waals surface area contributed by atoms with Crippen LogP contribution in [0.15, 0.2) is 174 Å². The fourth-order valence-electron chi connectivity index (χ4n) is 6.95. The zero-order valence-electron chi connectivity index (χ0n) is 34.0. The van der Waals surface area contributed by atoms with Crippen LogP contribution in [0.2, 0.25) is 0 Å². The van der Waals surface area contributed by atoms with Crippen LogP contribution in [0.1, 0.15) is 0 Å². The topological polar surface area (TPSA) is 132 Å². The Morgan fingerprint density at radius 1 is 0.233 bits per heavy atom. The first kappa shape index (κ1) is 40.3. The van der Waals surface area contributed by atoms with Crippen molar-refractivity contribution < 1.29 is 0 Å². The van der Waals surface area contributed by atoms with Crippen molar-refractivity contribution in [1.29, 1.82) is 0 Å². The molecule has 0 unspecified atom stereocenters. The van der Waals surface area contributed by atoms with Crippen LogP contribution in [0, 0.1) is 0 Å². The molecule has 7 rings (SSSR count). The Balaban J connectivity index is 1.63. The van der Waals surface area contributed by atoms with Crippen molar-refractivity contribution in [2.75, 3.05) is 0 Å². The zero-order valence-corrected chi connectivity index (χ0v) is 34.0. The lowest BCUT2D eigenvalue weighted by Gasteiger charge is -2.03. The van der Waals surface area contributed by atoms with Crippen LogP contribution < -0.4 is 33.4 Å². The third-order valence-electron chi connectivity index (χ3n) is 10.7. The van der Waals surface area contributed by atoms with Gasteiger partial charge in [-0.15, -0.1) is 0 Å². The highest BCUT2D eigenvalue weighted by Crippen LogP contribution is 2.09. The van der Waals surface area contributed by atoms with Gasteiger partial charge in [0.05, 0.1) is 0 Å². The van der Waals surface area contributed by atoms with E-state index in [1.807, 2.05) is 0 Å². The van der Waals surface area contributed by atoms with Gasteiger partial charge < -0.3 is 27.4 Å². The van der Waals surface area contributed by atoms with Crippen LogP contribution in [0.3, 0.4) is 0 Å². The van der Waals surface area contributed by atoms with Crippen LogP contribution in [0.5, 0.6) is 0 Å². The molecule has 1 heterocycles. The van der Waals surface area contributed by atoms with Crippen molar-refractivity contribution in [2.24, 2.45) is 42.3 Å². The average molecular weight is 799 g/mol. The minimum Gasteiger partial charge on any atom is -0.311 e. The summed E-state index contributed by atoms with van der Waals surface area (Å²) in [4.78, 5) is 83.2. The molecule has 12 nitrogen and oxygen atoms in total. The van der Waals surface area contributed by atoms with E-state index < -0.39 is 0 Å². The van der Waals surface area contributed by atoms with E-state index in [0.717, 1.165) is 0 Å². The molecule has 0 amide bonds. The Kier molecular flexibility index (Phi) is 11.1. The molecule has 1 aromatic heterocycles. The molecule has 0 aliphatic heterocycles. The lowest BCUT2D eigenvalue weighted by atomic mass is 10.2. The molecule has 0 saturated heterocycles. The van der Waals surface area contributed by atoms with Gasteiger partial charge in [0.2, 0.25) is 0 Å². The first-order valence-electron chi connectivity index (χ1n) is 19.0. The summed E-state index contributed by atoms with van der Waals surface area (Å²) in [7, 11) is 9.64. The highest BCUT2D eigenvalue weighted by Gasteiger charge is 2.04. The van der Waals surface area contributed by atoms with Crippen molar-refractivity contribution in [3.05, 3.63) is 208 Å². The predicted octanol–water partition coefficient (Wildman–Crippen LogP) is 5.86. The van der Waals surface area contributed by atoms with Gasteiger partial charge in [0.15, 0.2) is 0 Å². The van der Waals surface area contributed by atoms with Gasteiger partial charge >= 0.3 is 0 Å². The van der Waals surface area contributed by atoms with Crippen molar-refractivity contribution in [2.45, 2.75) is 0 Å². The predicted molar refractivity (Wildman–Crippen MR) is 242 cm³/mol. The Labute approximate surface area is 341 Å². The molecule has 6 aromatic carbocycles. The largest absolute Gasteiger partial charge is 0.311 e. The molecule has 0 fully saturated rings. The maximum absolute atomic E-state index is 13.9. The molecule has 0 aliphatic rings. The van der Waals surface area contributed by atoms with Crippen LogP contribution in [-0.4, -0.2) is 27.4 Å². The molecule has 0 atom stereocenters. The number of hydrogen-bond donors (Lipinski definition) is 0. The van der Waals surface area contributed by atoms with Crippen molar-refractivity contribution in [3.8, 4) is 0 Å². The maximum atomic E-state index is 13.9. The normalized spacial score (nSPS) is 10.9. The molecule has 0 saturated carbocycles. The minimum atomic E-state index is -0.363. The van der Waals surface area contributed by atoms with Gasteiger partial charge in [0.1, 0.15) is 0 Å². The van der Waals surface area contributed by atoms with E-state index in [-0.39, 0.29) is 33.4 Å². The molecule has 0 spiro atoms. The van der Waals surface area contributed by atoms with Gasteiger partial charge in [-0.1, -0.05) is 36.4 Å². The second kappa shape index (κ2) is 16.5. The van der Waals surface area contributed by atoms with Crippen LogP contribution >= 0.6 is 0 Å². The van der Waals surface area contributed by atoms with Crippen LogP contribution in [0.4, 0.5) is 0 Å². The monoisotopic (exact) mass is 798 g/mol. The molecule has 7 aromatic rings. The quantitative estimate of drug-likeness (QED) is 0.189. The summed E-state index contributed by atoms with van der Waals surface area (Å²) < 4.78 is 8.57. The second-order valence-corrected chi connectivity index (χ2v) is 14.5. The fourth-order valence-corrected chi connectivity index (χ4v) is 6.95. The van der Waals surface area contributed by atoms with E-state index in [1.165, 1.54) is 27.4 Å². The molecule has 0 aliphatic carbocycles. The minimum absolute atomic E-state index is 0.315. The first-order chi connectivity index (χ1) is 28.7. The average Bonchev–Trinajstić information content (AvgIpc) is 3.31. The zero-order chi connectivity index (χ0) is 42.8. The summed E-state index contributed by atoms with van der Waals surface area (Å²) in [5.41, 5.74) is 0.619. The Hall–Kier alpha value is -7.86. The lowest BCUT2D eigenvalue weighted by Crippen LogP contribution is -2.18. The van der Waals surface area contributed by atoms with E-state index >= 15 is 0 Å². The molecule has 12 heteroatoms. The smallest absolute Gasteiger partial charge is 0.258 e. The summed E-state index contributed by atoms with van der Waals surface area (Å²) in [5.74, 6) is 0. The van der Waals surface area contributed by atoms with Gasteiger partial charge in [-0.25, -0.2) is 0 Å². The summed E-state index contributed by atoms with van der Waals surface area (Å²) in [6.45, 7) is 0. The first-order valence-corrected chi connectivity index (χ1v) is 19.0. The van der Waals surface area contributed by atoms with E-state index in [0.29, 0.717) is 65.4 Å². The number of aromatic nitrogens is 6. The Bertz CT molecular complexity index is 3040. The van der Waals surface area contributed by atoms with Gasteiger partial charge in [0, 0.05) is 108 Å². The Morgan fingerprint density at radius 3 is 0.500 bits per heavy atom. The number of rotatable bonds is 0. The number of benzene rings is 6. The van der Waals surface area contributed by atoms with Gasteiger partial charge in [-0.2, -0.15) is 0 Å². The number of hydrogen-bond acceptors (Lipinski definition) is 6. The third kappa shape index (κ3) is 7.86. The SMILES string of the molecule is Cn1c(=O)c2cccc(c2)n(C)c(=O)c2cccc(c2)n(C)c(=O)c2cccc(c2)n(C)c(=O)c2cccc(c2)n(C)c(=O)c2cccc(c2)n(C)c(=O)c2cccc1c2. The number of aryl methyl sites for hydroxylation is 6. The van der Waals surface area contributed by atoms with Gasteiger partial charge in [-0.3, -0.25) is 28.8 Å². The molecule has 0 N–H and O–H groups in total. The van der Waals surface area contributed by atoms with Crippen molar-refractivity contribution in [3.63, 3.8) is 0 Å². The summed E-state index contributed by atoms with van der Waals surface area (Å²) in [6.07, 6.45) is 0. The van der Waals surface area contributed by atoms with E-state index in [2.05, 4.69) is 0 Å². The summed E-state index contributed by atoms with van der Waals surface area (Å²) in [5, 5.41) is 1.89. The van der Waals surface area contributed by atoms with Gasteiger partial charge in [0.25, 0.3) is 33.4 Å². The highest BCUT2D eigenvalue weighted by molar-refractivity contribution is 5.71. The third-order valence-corrected chi connectivity index (χ3v) is 10.7. The molecule has 12 bridgehead atoms. The molecule has 0 radical (unpaired) electrons. The number of fused-ring (bicyclic) bond motifs is 12.